The summed E-state index contributed by atoms with van der Waals surface area (Å²) < 4.78 is 41.2. The van der Waals surface area contributed by atoms with Gasteiger partial charge in [-0.1, -0.05) is 6.92 Å². The Hall–Kier alpha value is -2.46. The van der Waals surface area contributed by atoms with Crippen LogP contribution in [0.5, 0.6) is 0 Å². The predicted octanol–water partition coefficient (Wildman–Crippen LogP) is 1.22. The van der Waals surface area contributed by atoms with E-state index in [0.717, 1.165) is 24.6 Å². The van der Waals surface area contributed by atoms with Gasteiger partial charge in [-0.05, 0) is 31.5 Å². The summed E-state index contributed by atoms with van der Waals surface area (Å²) in [7, 11) is -2.05. The molecule has 0 aliphatic rings. The van der Waals surface area contributed by atoms with E-state index in [0.29, 0.717) is 6.42 Å². The third-order valence-electron chi connectivity index (χ3n) is 3.51. The summed E-state index contributed by atoms with van der Waals surface area (Å²) in [4.78, 5) is 35.2. The standard InChI is InChI=1S/C17H23NO8S/c1-5-9-18(11-15(19)26-6-2)27(22,23)14-10-12(16(20)24-3)7-8-13(14)17(21)25-4/h7-8,10H,5-6,9,11H2,1-4H3. The molecule has 0 spiro atoms. The maximum absolute atomic E-state index is 13.1. The Morgan fingerprint density at radius 3 is 2.19 bits per heavy atom. The molecule has 0 aliphatic carbocycles. The molecule has 0 aromatic heterocycles. The maximum Gasteiger partial charge on any atom is 0.339 e. The van der Waals surface area contributed by atoms with Crippen molar-refractivity contribution in [2.45, 2.75) is 25.2 Å². The van der Waals surface area contributed by atoms with Crippen molar-refractivity contribution in [3.8, 4) is 0 Å². The van der Waals surface area contributed by atoms with E-state index >= 15 is 0 Å². The van der Waals surface area contributed by atoms with Crippen LogP contribution in [0.1, 0.15) is 41.0 Å². The number of carbonyl (C=O) groups excluding carboxylic acids is 3. The number of esters is 3. The second-order valence-corrected chi connectivity index (χ2v) is 7.24. The summed E-state index contributed by atoms with van der Waals surface area (Å²) in [6, 6.07) is 3.45. The molecule has 0 saturated heterocycles. The average molecular weight is 401 g/mol. The molecule has 0 atom stereocenters. The van der Waals surface area contributed by atoms with Crippen LogP contribution in [-0.4, -0.2) is 64.5 Å². The van der Waals surface area contributed by atoms with Crippen molar-refractivity contribution >= 4 is 27.9 Å². The van der Waals surface area contributed by atoms with Crippen molar-refractivity contribution in [1.82, 2.24) is 4.31 Å². The van der Waals surface area contributed by atoms with E-state index in [2.05, 4.69) is 9.47 Å². The molecule has 150 valence electrons. The Balaban J connectivity index is 3.52. The molecule has 0 N–H and O–H groups in total. The SMILES string of the molecule is CCCN(CC(=O)OCC)S(=O)(=O)c1cc(C(=O)OC)ccc1C(=O)OC. The van der Waals surface area contributed by atoms with E-state index in [1.165, 1.54) is 12.1 Å². The minimum atomic E-state index is -4.30. The lowest BCUT2D eigenvalue weighted by Gasteiger charge is -2.22. The zero-order chi connectivity index (χ0) is 20.6. The van der Waals surface area contributed by atoms with Gasteiger partial charge in [0, 0.05) is 6.54 Å². The van der Waals surface area contributed by atoms with Crippen LogP contribution < -0.4 is 0 Å². The number of sulfonamides is 1. The summed E-state index contributed by atoms with van der Waals surface area (Å²) in [5.74, 6) is -2.38. The first-order valence-corrected chi connectivity index (χ1v) is 9.63. The van der Waals surface area contributed by atoms with Crippen LogP contribution >= 0.6 is 0 Å². The van der Waals surface area contributed by atoms with E-state index in [1.807, 2.05) is 0 Å². The summed E-state index contributed by atoms with van der Waals surface area (Å²) in [6.07, 6.45) is 0.420. The number of hydrogen-bond acceptors (Lipinski definition) is 8. The molecule has 27 heavy (non-hydrogen) atoms. The molecule has 0 saturated carbocycles. The van der Waals surface area contributed by atoms with Crippen molar-refractivity contribution in [1.29, 1.82) is 0 Å². The highest BCUT2D eigenvalue weighted by molar-refractivity contribution is 7.89. The van der Waals surface area contributed by atoms with E-state index in [-0.39, 0.29) is 24.3 Å². The molecule has 0 bridgehead atoms. The van der Waals surface area contributed by atoms with Gasteiger partial charge in [-0.3, -0.25) is 4.79 Å². The first kappa shape index (κ1) is 22.6. The third kappa shape index (κ3) is 5.51. The van der Waals surface area contributed by atoms with Crippen LogP contribution in [0.4, 0.5) is 0 Å². The Morgan fingerprint density at radius 1 is 1.04 bits per heavy atom. The summed E-state index contributed by atoms with van der Waals surface area (Å²) in [6.45, 7) is 2.94. The highest BCUT2D eigenvalue weighted by Gasteiger charge is 2.32. The van der Waals surface area contributed by atoms with E-state index in [9.17, 15) is 22.8 Å². The molecule has 1 aromatic rings. The Kier molecular flexibility index (Phi) is 8.38. The zero-order valence-electron chi connectivity index (χ0n) is 15.7. The smallest absolute Gasteiger partial charge is 0.339 e. The van der Waals surface area contributed by atoms with Crippen molar-refractivity contribution in [2.24, 2.45) is 0 Å². The van der Waals surface area contributed by atoms with Gasteiger partial charge in [0.2, 0.25) is 10.0 Å². The lowest BCUT2D eigenvalue weighted by atomic mass is 10.1. The second kappa shape index (κ2) is 10.0. The van der Waals surface area contributed by atoms with Gasteiger partial charge in [0.25, 0.3) is 0 Å². The van der Waals surface area contributed by atoms with Gasteiger partial charge in [0.15, 0.2) is 0 Å². The molecular weight excluding hydrogens is 378 g/mol. The third-order valence-corrected chi connectivity index (χ3v) is 5.39. The van der Waals surface area contributed by atoms with Crippen molar-refractivity contribution < 1.29 is 37.0 Å². The lowest BCUT2D eigenvalue weighted by Crippen LogP contribution is -2.38. The fourth-order valence-corrected chi connectivity index (χ4v) is 3.96. The minimum Gasteiger partial charge on any atom is -0.465 e. The van der Waals surface area contributed by atoms with Crippen LogP contribution in [0.2, 0.25) is 0 Å². The van der Waals surface area contributed by atoms with Gasteiger partial charge in [-0.15, -0.1) is 0 Å². The average Bonchev–Trinajstić information content (AvgIpc) is 2.66. The highest BCUT2D eigenvalue weighted by atomic mass is 32.2. The molecule has 1 aromatic carbocycles. The van der Waals surface area contributed by atoms with Crippen molar-refractivity contribution in [3.63, 3.8) is 0 Å². The second-order valence-electron chi connectivity index (χ2n) is 5.34. The largest absolute Gasteiger partial charge is 0.465 e. The normalized spacial score (nSPS) is 11.1. The topological polar surface area (TPSA) is 116 Å². The highest BCUT2D eigenvalue weighted by Crippen LogP contribution is 2.24. The fourth-order valence-electron chi connectivity index (χ4n) is 2.28. The van der Waals surface area contributed by atoms with Crippen molar-refractivity contribution in [2.75, 3.05) is 33.9 Å². The molecule has 9 nitrogen and oxygen atoms in total. The zero-order valence-corrected chi connectivity index (χ0v) is 16.5. The molecule has 0 fully saturated rings. The molecule has 0 unspecified atom stereocenters. The Labute approximate surface area is 158 Å². The van der Waals surface area contributed by atoms with Crippen LogP contribution in [0, 0.1) is 0 Å². The molecule has 0 radical (unpaired) electrons. The molecule has 0 amide bonds. The number of carbonyl (C=O) groups is 3. The molecule has 10 heteroatoms. The number of methoxy groups -OCH3 is 2. The van der Waals surface area contributed by atoms with Crippen LogP contribution in [-0.2, 0) is 29.0 Å². The minimum absolute atomic E-state index is 0.0181. The van der Waals surface area contributed by atoms with Crippen molar-refractivity contribution in [3.05, 3.63) is 29.3 Å². The summed E-state index contributed by atoms with van der Waals surface area (Å²) >= 11 is 0. The van der Waals surface area contributed by atoms with Gasteiger partial charge in [0.1, 0.15) is 6.54 Å². The van der Waals surface area contributed by atoms with Gasteiger partial charge in [-0.25, -0.2) is 18.0 Å². The predicted molar refractivity (Wildman–Crippen MR) is 94.8 cm³/mol. The lowest BCUT2D eigenvalue weighted by molar-refractivity contribution is -0.143. The van der Waals surface area contributed by atoms with E-state index < -0.39 is 39.4 Å². The Morgan fingerprint density at radius 2 is 1.67 bits per heavy atom. The quantitative estimate of drug-likeness (QED) is 0.448. The van der Waals surface area contributed by atoms with E-state index in [4.69, 9.17) is 4.74 Å². The molecule has 1 rings (SSSR count). The van der Waals surface area contributed by atoms with E-state index in [1.54, 1.807) is 13.8 Å². The molecule has 0 aliphatic heterocycles. The maximum atomic E-state index is 13.1. The number of benzene rings is 1. The number of nitrogens with zero attached hydrogens (tertiary/aromatic N) is 1. The monoisotopic (exact) mass is 401 g/mol. The van der Waals surface area contributed by atoms with Crippen LogP contribution in [0.3, 0.4) is 0 Å². The summed E-state index contributed by atoms with van der Waals surface area (Å²) in [5, 5.41) is 0. The first-order chi connectivity index (χ1) is 12.7. The van der Waals surface area contributed by atoms with Gasteiger partial charge in [0.05, 0.1) is 36.8 Å². The van der Waals surface area contributed by atoms with Gasteiger partial charge in [-0.2, -0.15) is 4.31 Å². The number of hydrogen-bond donors (Lipinski definition) is 0. The number of rotatable bonds is 9. The number of ether oxygens (including phenoxy) is 3. The van der Waals surface area contributed by atoms with Crippen LogP contribution in [0.25, 0.3) is 0 Å². The first-order valence-electron chi connectivity index (χ1n) is 8.19. The summed E-state index contributed by atoms with van der Waals surface area (Å²) in [5.41, 5.74) is -0.313. The van der Waals surface area contributed by atoms with Gasteiger partial charge < -0.3 is 14.2 Å². The molecular formula is C17H23NO8S. The Bertz CT molecular complexity index is 803. The molecule has 0 heterocycles. The fraction of sp³-hybridized carbons (Fsp3) is 0.471. The van der Waals surface area contributed by atoms with Gasteiger partial charge >= 0.3 is 17.9 Å². The van der Waals surface area contributed by atoms with Crippen LogP contribution in [0.15, 0.2) is 23.1 Å².